The summed E-state index contributed by atoms with van der Waals surface area (Å²) in [7, 11) is 0. The van der Waals surface area contributed by atoms with Crippen LogP contribution < -0.4 is 16.0 Å². The molecule has 0 saturated heterocycles. The van der Waals surface area contributed by atoms with Crippen LogP contribution in [-0.2, 0) is 9.59 Å². The van der Waals surface area contributed by atoms with Crippen LogP contribution in [0.25, 0.3) is 0 Å². The van der Waals surface area contributed by atoms with Gasteiger partial charge in [0.2, 0.25) is 11.8 Å². The van der Waals surface area contributed by atoms with E-state index in [2.05, 4.69) is 16.0 Å². The van der Waals surface area contributed by atoms with E-state index in [-0.39, 0.29) is 18.4 Å². The monoisotopic (exact) mass is 331 g/mol. The Morgan fingerprint density at radius 1 is 1.00 bits per heavy atom. The van der Waals surface area contributed by atoms with Crippen molar-refractivity contribution in [1.29, 1.82) is 0 Å². The molecule has 3 N–H and O–H groups in total. The molecule has 0 heterocycles. The van der Waals surface area contributed by atoms with Gasteiger partial charge in [-0.2, -0.15) is 0 Å². The van der Waals surface area contributed by atoms with Crippen LogP contribution in [0.15, 0.2) is 42.5 Å². The van der Waals surface area contributed by atoms with E-state index in [4.69, 9.17) is 11.6 Å². The van der Waals surface area contributed by atoms with Crippen molar-refractivity contribution >= 4 is 40.5 Å². The van der Waals surface area contributed by atoms with Crippen molar-refractivity contribution in [1.82, 2.24) is 0 Å². The van der Waals surface area contributed by atoms with E-state index in [0.29, 0.717) is 22.1 Å². The summed E-state index contributed by atoms with van der Waals surface area (Å²) >= 11 is 6.03. The number of anilines is 3. The minimum atomic E-state index is -0.234. The third-order valence-electron chi connectivity index (χ3n) is 3.07. The number of nitrogens with one attached hydrogen (secondary N) is 3. The lowest BCUT2D eigenvalue weighted by atomic mass is 10.2. The maximum Gasteiger partial charge on any atom is 0.243 e. The summed E-state index contributed by atoms with van der Waals surface area (Å²) in [5.74, 6) is -0.430. The van der Waals surface area contributed by atoms with Crippen LogP contribution in [-0.4, -0.2) is 18.4 Å². The lowest BCUT2D eigenvalue weighted by Crippen LogP contribution is -2.23. The number of hydrogen-bond acceptors (Lipinski definition) is 3. The molecule has 0 fully saturated rings. The third kappa shape index (κ3) is 5.00. The highest BCUT2D eigenvalue weighted by Crippen LogP contribution is 2.23. The summed E-state index contributed by atoms with van der Waals surface area (Å²) in [6.45, 7) is 3.40. The number of carbonyl (C=O) groups excluding carboxylic acids is 2. The van der Waals surface area contributed by atoms with Crippen molar-refractivity contribution < 1.29 is 9.59 Å². The van der Waals surface area contributed by atoms with Crippen molar-refractivity contribution in [2.24, 2.45) is 0 Å². The molecule has 0 atom stereocenters. The average molecular weight is 332 g/mol. The van der Waals surface area contributed by atoms with Gasteiger partial charge in [-0.05, 0) is 36.8 Å². The van der Waals surface area contributed by atoms with Gasteiger partial charge in [0.1, 0.15) is 0 Å². The smallest absolute Gasteiger partial charge is 0.243 e. The van der Waals surface area contributed by atoms with E-state index < -0.39 is 0 Å². The normalized spacial score (nSPS) is 10.0. The van der Waals surface area contributed by atoms with Crippen LogP contribution in [0.2, 0.25) is 5.02 Å². The largest absolute Gasteiger partial charge is 0.375 e. The lowest BCUT2D eigenvalue weighted by molar-refractivity contribution is -0.115. The Bertz CT molecular complexity index is 732. The fraction of sp³-hybridized carbons (Fsp3) is 0.176. The molecular formula is C17H18ClN3O2. The molecule has 0 aliphatic heterocycles. The van der Waals surface area contributed by atoms with Crippen molar-refractivity contribution in [3.05, 3.63) is 53.1 Å². The predicted molar refractivity (Wildman–Crippen MR) is 94.1 cm³/mol. The van der Waals surface area contributed by atoms with Crippen molar-refractivity contribution in [2.75, 3.05) is 22.5 Å². The summed E-state index contributed by atoms with van der Waals surface area (Å²) in [6, 6.07) is 12.6. The molecule has 5 nitrogen and oxygen atoms in total. The second kappa shape index (κ2) is 7.65. The number of carbonyl (C=O) groups is 2. The standard InChI is InChI=1S/C17H18ClN3O2/c1-11-7-8-15(20-12(2)22)16(9-11)21-17(23)10-19-14-6-4-3-5-13(14)18/h3-9,19H,10H2,1-2H3,(H,20,22)(H,21,23). The SMILES string of the molecule is CC(=O)Nc1ccc(C)cc1NC(=O)CNc1ccccc1Cl. The van der Waals surface area contributed by atoms with Gasteiger partial charge in [0, 0.05) is 6.92 Å². The number of hydrogen-bond donors (Lipinski definition) is 3. The molecule has 23 heavy (non-hydrogen) atoms. The zero-order chi connectivity index (χ0) is 16.8. The quantitative estimate of drug-likeness (QED) is 0.783. The van der Waals surface area contributed by atoms with Gasteiger partial charge in [-0.3, -0.25) is 9.59 Å². The fourth-order valence-electron chi connectivity index (χ4n) is 2.03. The number of aryl methyl sites for hydroxylation is 1. The van der Waals surface area contributed by atoms with Crippen molar-refractivity contribution in [2.45, 2.75) is 13.8 Å². The molecule has 2 amide bonds. The predicted octanol–water partition coefficient (Wildman–Crippen LogP) is 3.66. The Morgan fingerprint density at radius 3 is 2.43 bits per heavy atom. The fourth-order valence-corrected chi connectivity index (χ4v) is 2.24. The lowest BCUT2D eigenvalue weighted by Gasteiger charge is -2.13. The van der Waals surface area contributed by atoms with E-state index >= 15 is 0 Å². The second-order valence-electron chi connectivity index (χ2n) is 5.11. The van der Waals surface area contributed by atoms with Gasteiger partial charge >= 0.3 is 0 Å². The first-order valence-electron chi connectivity index (χ1n) is 7.12. The van der Waals surface area contributed by atoms with E-state index in [1.54, 1.807) is 24.3 Å². The Morgan fingerprint density at radius 2 is 1.74 bits per heavy atom. The third-order valence-corrected chi connectivity index (χ3v) is 3.40. The number of amides is 2. The van der Waals surface area contributed by atoms with Crippen molar-refractivity contribution in [3.8, 4) is 0 Å². The molecule has 2 aromatic rings. The molecule has 2 aromatic carbocycles. The highest BCUT2D eigenvalue weighted by molar-refractivity contribution is 6.33. The molecule has 0 spiro atoms. The molecule has 0 aromatic heterocycles. The summed E-state index contributed by atoms with van der Waals surface area (Å²) < 4.78 is 0. The molecule has 0 unspecified atom stereocenters. The van der Waals surface area contributed by atoms with Gasteiger partial charge in [0.05, 0.1) is 28.6 Å². The molecular weight excluding hydrogens is 314 g/mol. The van der Waals surface area contributed by atoms with E-state index in [0.717, 1.165) is 5.56 Å². The van der Waals surface area contributed by atoms with Crippen LogP contribution in [0.3, 0.4) is 0 Å². The number of rotatable bonds is 5. The van der Waals surface area contributed by atoms with E-state index in [1.807, 2.05) is 25.1 Å². The molecule has 0 bridgehead atoms. The summed E-state index contributed by atoms with van der Waals surface area (Å²) in [5.41, 5.74) is 2.80. The summed E-state index contributed by atoms with van der Waals surface area (Å²) in [5, 5.41) is 9.01. The van der Waals surface area contributed by atoms with E-state index in [9.17, 15) is 9.59 Å². The number of halogens is 1. The molecule has 6 heteroatoms. The Kier molecular flexibility index (Phi) is 5.60. The Labute approximate surface area is 140 Å². The minimum Gasteiger partial charge on any atom is -0.375 e. The van der Waals surface area contributed by atoms with E-state index in [1.165, 1.54) is 6.92 Å². The molecule has 0 aliphatic rings. The molecule has 0 radical (unpaired) electrons. The molecule has 0 aliphatic carbocycles. The summed E-state index contributed by atoms with van der Waals surface area (Å²) in [4.78, 5) is 23.4. The van der Waals surface area contributed by atoms with Crippen LogP contribution in [0.5, 0.6) is 0 Å². The van der Waals surface area contributed by atoms with Gasteiger partial charge in [-0.15, -0.1) is 0 Å². The maximum absolute atomic E-state index is 12.1. The highest BCUT2D eigenvalue weighted by Gasteiger charge is 2.09. The minimum absolute atomic E-state index is 0.0667. The first kappa shape index (κ1) is 16.8. The van der Waals surface area contributed by atoms with Gasteiger partial charge in [0.25, 0.3) is 0 Å². The van der Waals surface area contributed by atoms with Gasteiger partial charge in [0.15, 0.2) is 0 Å². The number of para-hydroxylation sites is 1. The maximum atomic E-state index is 12.1. The molecule has 0 saturated carbocycles. The van der Waals surface area contributed by atoms with Crippen molar-refractivity contribution in [3.63, 3.8) is 0 Å². The Balaban J connectivity index is 2.03. The molecule has 2 rings (SSSR count). The zero-order valence-electron chi connectivity index (χ0n) is 12.9. The average Bonchev–Trinajstić information content (AvgIpc) is 2.49. The van der Waals surface area contributed by atoms with Crippen LogP contribution >= 0.6 is 11.6 Å². The highest BCUT2D eigenvalue weighted by atomic mass is 35.5. The summed E-state index contributed by atoms with van der Waals surface area (Å²) in [6.07, 6.45) is 0. The first-order valence-corrected chi connectivity index (χ1v) is 7.50. The van der Waals surface area contributed by atoms with Crippen LogP contribution in [0.1, 0.15) is 12.5 Å². The number of benzene rings is 2. The second-order valence-corrected chi connectivity index (χ2v) is 5.52. The zero-order valence-corrected chi connectivity index (χ0v) is 13.7. The van der Waals surface area contributed by atoms with Gasteiger partial charge in [-0.25, -0.2) is 0 Å². The first-order chi connectivity index (χ1) is 11.0. The molecule has 120 valence electrons. The Hall–Kier alpha value is -2.53. The topological polar surface area (TPSA) is 70.2 Å². The van der Waals surface area contributed by atoms with Gasteiger partial charge < -0.3 is 16.0 Å². The van der Waals surface area contributed by atoms with Crippen LogP contribution in [0.4, 0.5) is 17.1 Å². The van der Waals surface area contributed by atoms with Gasteiger partial charge in [-0.1, -0.05) is 29.8 Å². The van der Waals surface area contributed by atoms with Crippen LogP contribution in [0, 0.1) is 6.92 Å².